The quantitative estimate of drug-likeness (QED) is 0.715. The maximum atomic E-state index is 12.0. The van der Waals surface area contributed by atoms with Crippen LogP contribution >= 0.6 is 15.9 Å². The first kappa shape index (κ1) is 16.3. The van der Waals surface area contributed by atoms with Gasteiger partial charge in [-0.25, -0.2) is 0 Å². The van der Waals surface area contributed by atoms with Crippen molar-refractivity contribution in [3.63, 3.8) is 0 Å². The maximum absolute atomic E-state index is 12.0. The Morgan fingerprint density at radius 1 is 1.30 bits per heavy atom. The number of rotatable bonds is 7. The molecule has 2 aliphatic rings. The van der Waals surface area contributed by atoms with E-state index in [1.54, 1.807) is 0 Å². The molecule has 0 aromatic carbocycles. The highest BCUT2D eigenvalue weighted by Crippen LogP contribution is 2.37. The molecule has 3 nitrogen and oxygen atoms in total. The maximum Gasteiger partial charge on any atom is 0.220 e. The van der Waals surface area contributed by atoms with Crippen molar-refractivity contribution in [2.45, 2.75) is 64.4 Å². The topological polar surface area (TPSA) is 38.3 Å². The van der Waals surface area contributed by atoms with Crippen molar-refractivity contribution >= 4 is 21.8 Å². The van der Waals surface area contributed by atoms with Gasteiger partial charge in [-0.3, -0.25) is 4.79 Å². The Bertz CT molecular complexity index is 310. The minimum atomic E-state index is 0.232. The Hall–Kier alpha value is -0.0900. The van der Waals surface area contributed by atoms with Crippen LogP contribution in [-0.2, 0) is 9.53 Å². The third-order valence-electron chi connectivity index (χ3n) is 4.93. The van der Waals surface area contributed by atoms with Gasteiger partial charge >= 0.3 is 0 Å². The highest BCUT2D eigenvalue weighted by molar-refractivity contribution is 9.09. The average Bonchev–Trinajstić information content (AvgIpc) is 2.44. The Morgan fingerprint density at radius 3 is 2.60 bits per heavy atom. The number of ether oxygens (including phenoxy) is 1. The Morgan fingerprint density at radius 2 is 2.00 bits per heavy atom. The molecule has 0 aliphatic heterocycles. The van der Waals surface area contributed by atoms with Gasteiger partial charge in [0, 0.05) is 24.9 Å². The predicted octanol–water partition coefficient (Wildman–Crippen LogP) is 3.65. The Kier molecular flexibility index (Phi) is 6.34. The molecular weight excluding hydrogens is 318 g/mol. The van der Waals surface area contributed by atoms with Crippen molar-refractivity contribution in [2.24, 2.45) is 11.3 Å². The fourth-order valence-electron chi connectivity index (χ4n) is 3.49. The van der Waals surface area contributed by atoms with Crippen molar-refractivity contribution in [3.8, 4) is 0 Å². The second kappa shape index (κ2) is 7.79. The van der Waals surface area contributed by atoms with Crippen molar-refractivity contribution in [2.75, 3.05) is 18.5 Å². The smallest absolute Gasteiger partial charge is 0.220 e. The first-order valence-corrected chi connectivity index (χ1v) is 9.24. The second-order valence-electron chi connectivity index (χ2n) is 6.59. The van der Waals surface area contributed by atoms with Gasteiger partial charge in [0.05, 0.1) is 6.10 Å². The van der Waals surface area contributed by atoms with Crippen LogP contribution in [0.1, 0.15) is 58.3 Å². The van der Waals surface area contributed by atoms with Crippen molar-refractivity contribution < 1.29 is 9.53 Å². The molecule has 4 heteroatoms. The van der Waals surface area contributed by atoms with Gasteiger partial charge in [-0.2, -0.15) is 0 Å². The predicted molar refractivity (Wildman–Crippen MR) is 85.1 cm³/mol. The molecule has 1 amide bonds. The fraction of sp³-hybridized carbons (Fsp3) is 0.938. The van der Waals surface area contributed by atoms with E-state index in [9.17, 15) is 4.79 Å². The summed E-state index contributed by atoms with van der Waals surface area (Å²) in [5, 5.41) is 4.19. The molecule has 0 heterocycles. The number of hydrogen-bond acceptors (Lipinski definition) is 2. The minimum Gasteiger partial charge on any atom is -0.378 e. The van der Waals surface area contributed by atoms with E-state index >= 15 is 0 Å². The molecule has 0 saturated heterocycles. The van der Waals surface area contributed by atoms with Crippen molar-refractivity contribution in [1.82, 2.24) is 5.32 Å². The number of halogens is 1. The molecule has 0 spiro atoms. The molecule has 20 heavy (non-hydrogen) atoms. The average molecular weight is 346 g/mol. The van der Waals surface area contributed by atoms with E-state index in [-0.39, 0.29) is 5.91 Å². The monoisotopic (exact) mass is 345 g/mol. The van der Waals surface area contributed by atoms with Crippen LogP contribution in [0.2, 0.25) is 0 Å². The zero-order valence-corrected chi connectivity index (χ0v) is 14.2. The molecule has 2 rings (SSSR count). The van der Waals surface area contributed by atoms with Crippen LogP contribution < -0.4 is 5.32 Å². The van der Waals surface area contributed by atoms with Crippen molar-refractivity contribution in [3.05, 3.63) is 0 Å². The van der Waals surface area contributed by atoms with Gasteiger partial charge in [0.2, 0.25) is 5.91 Å². The van der Waals surface area contributed by atoms with E-state index < -0.39 is 0 Å². The lowest BCUT2D eigenvalue weighted by atomic mass is 9.75. The molecule has 0 unspecified atom stereocenters. The van der Waals surface area contributed by atoms with Crippen LogP contribution in [-0.4, -0.2) is 30.5 Å². The van der Waals surface area contributed by atoms with Crippen LogP contribution in [0.15, 0.2) is 0 Å². The number of alkyl halides is 1. The molecule has 0 aromatic rings. The fourth-order valence-corrected chi connectivity index (χ4v) is 4.25. The lowest BCUT2D eigenvalue weighted by Gasteiger charge is -2.37. The highest BCUT2D eigenvalue weighted by atomic mass is 79.9. The molecule has 116 valence electrons. The molecule has 2 aliphatic carbocycles. The minimum absolute atomic E-state index is 0.232. The van der Waals surface area contributed by atoms with Gasteiger partial charge in [0.25, 0.3) is 0 Å². The summed E-state index contributed by atoms with van der Waals surface area (Å²) < 4.78 is 5.54. The summed E-state index contributed by atoms with van der Waals surface area (Å²) in [6.45, 7) is 3.67. The van der Waals surface area contributed by atoms with Gasteiger partial charge < -0.3 is 10.1 Å². The number of amides is 1. The number of hydrogen-bond donors (Lipinski definition) is 1. The normalized spacial score (nSPS) is 28.7. The van der Waals surface area contributed by atoms with Gasteiger partial charge in [-0.15, -0.1) is 0 Å². The number of carbonyl (C=O) groups excluding carboxylic acids is 1. The highest BCUT2D eigenvalue weighted by Gasteiger charge is 2.33. The van der Waals surface area contributed by atoms with Gasteiger partial charge in [0.15, 0.2) is 0 Å². The third kappa shape index (κ3) is 4.45. The zero-order chi connectivity index (χ0) is 14.4. The van der Waals surface area contributed by atoms with Crippen LogP contribution in [0, 0.1) is 11.3 Å². The first-order valence-electron chi connectivity index (χ1n) is 8.12. The number of nitrogens with one attached hydrogen (secondary N) is 1. The molecule has 0 radical (unpaired) electrons. The molecular formula is C16H28BrNO2. The molecule has 2 saturated carbocycles. The standard InChI is InChI=1S/C16H28BrNO2/c1-2-20-14-8-13(9-14)10-15(19)18-12-16(11-17)6-4-3-5-7-16/h13-14H,2-12H2,1H3,(H,18,19). The summed E-state index contributed by atoms with van der Waals surface area (Å²) >= 11 is 3.65. The van der Waals surface area contributed by atoms with Gasteiger partial charge in [0.1, 0.15) is 0 Å². The summed E-state index contributed by atoms with van der Waals surface area (Å²) in [5.41, 5.74) is 0.307. The van der Waals surface area contributed by atoms with E-state index in [0.29, 0.717) is 23.9 Å². The van der Waals surface area contributed by atoms with Gasteiger partial charge in [-0.1, -0.05) is 35.2 Å². The zero-order valence-electron chi connectivity index (χ0n) is 12.6. The van der Waals surface area contributed by atoms with E-state index in [0.717, 1.165) is 31.3 Å². The summed E-state index contributed by atoms with van der Waals surface area (Å²) in [6, 6.07) is 0. The molecule has 2 fully saturated rings. The molecule has 0 aromatic heterocycles. The molecule has 0 bridgehead atoms. The Labute approximate surface area is 131 Å². The Balaban J connectivity index is 1.65. The largest absolute Gasteiger partial charge is 0.378 e. The number of carbonyl (C=O) groups is 1. The van der Waals surface area contributed by atoms with Crippen LogP contribution in [0.4, 0.5) is 0 Å². The lowest BCUT2D eigenvalue weighted by molar-refractivity contribution is -0.124. The van der Waals surface area contributed by atoms with Crippen LogP contribution in [0.3, 0.4) is 0 Å². The van der Waals surface area contributed by atoms with E-state index in [2.05, 4.69) is 21.2 Å². The van der Waals surface area contributed by atoms with E-state index in [1.807, 2.05) is 6.92 Å². The van der Waals surface area contributed by atoms with Gasteiger partial charge in [-0.05, 0) is 43.9 Å². The summed E-state index contributed by atoms with van der Waals surface area (Å²) in [6.07, 6.45) is 9.66. The van der Waals surface area contributed by atoms with E-state index in [4.69, 9.17) is 4.74 Å². The van der Waals surface area contributed by atoms with E-state index in [1.165, 1.54) is 32.1 Å². The summed E-state index contributed by atoms with van der Waals surface area (Å²) in [4.78, 5) is 12.0. The summed E-state index contributed by atoms with van der Waals surface area (Å²) in [5.74, 6) is 0.772. The van der Waals surface area contributed by atoms with Crippen molar-refractivity contribution in [1.29, 1.82) is 0 Å². The SMILES string of the molecule is CCOC1CC(CC(=O)NCC2(CBr)CCCCC2)C1. The van der Waals surface area contributed by atoms with Crippen LogP contribution in [0.5, 0.6) is 0 Å². The molecule has 1 N–H and O–H groups in total. The third-order valence-corrected chi connectivity index (χ3v) is 6.12. The molecule has 0 atom stereocenters. The lowest BCUT2D eigenvalue weighted by Crippen LogP contribution is -2.42. The van der Waals surface area contributed by atoms with Crippen LogP contribution in [0.25, 0.3) is 0 Å². The summed E-state index contributed by atoms with van der Waals surface area (Å²) in [7, 11) is 0. The first-order chi connectivity index (χ1) is 9.67. The second-order valence-corrected chi connectivity index (χ2v) is 7.15.